The molecule has 0 radical (unpaired) electrons. The summed E-state index contributed by atoms with van der Waals surface area (Å²) >= 11 is 0. The molecule has 0 spiro atoms. The third kappa shape index (κ3) is 6.08. The summed E-state index contributed by atoms with van der Waals surface area (Å²) < 4.78 is 11.1. The van der Waals surface area contributed by atoms with Gasteiger partial charge in [-0.25, -0.2) is 4.98 Å². The summed E-state index contributed by atoms with van der Waals surface area (Å²) in [5, 5.41) is 3.17. The maximum absolute atomic E-state index is 12.8. The Morgan fingerprint density at radius 2 is 1.81 bits per heavy atom. The first kappa shape index (κ1) is 21.8. The lowest BCUT2D eigenvalue weighted by molar-refractivity contribution is 0.0908. The molecule has 1 aliphatic heterocycles. The van der Waals surface area contributed by atoms with Crippen LogP contribution in [0.2, 0.25) is 0 Å². The second kappa shape index (κ2) is 10.8. The number of ether oxygens (including phenoxy) is 2. The first-order chi connectivity index (χ1) is 15.7. The van der Waals surface area contributed by atoms with Crippen molar-refractivity contribution in [2.75, 3.05) is 20.2 Å². The maximum Gasteiger partial charge on any atom is 0.251 e. The molecule has 6 nitrogen and oxygen atoms in total. The summed E-state index contributed by atoms with van der Waals surface area (Å²) in [6.45, 7) is 3.21. The molecule has 3 aromatic rings. The standard InChI is InChI=1S/C26H29N3O3/c1-31-24-9-5-8-21(16-24)18-29-14-11-23(12-15-29)28-26(30)22-10-13-27-25(17-22)32-19-20-6-3-2-4-7-20/h2-10,13,16-17,23H,11-12,14-15,18-19H2,1H3,(H,28,30). The molecule has 2 heterocycles. The Morgan fingerprint density at radius 1 is 1.03 bits per heavy atom. The van der Waals surface area contributed by atoms with E-state index in [9.17, 15) is 4.79 Å². The highest BCUT2D eigenvalue weighted by atomic mass is 16.5. The molecule has 6 heteroatoms. The number of aromatic nitrogens is 1. The maximum atomic E-state index is 12.8. The van der Waals surface area contributed by atoms with E-state index in [-0.39, 0.29) is 11.9 Å². The van der Waals surface area contributed by atoms with Crippen molar-refractivity contribution in [1.82, 2.24) is 15.2 Å². The Balaban J connectivity index is 1.25. The zero-order valence-electron chi connectivity index (χ0n) is 18.4. The van der Waals surface area contributed by atoms with E-state index in [2.05, 4.69) is 27.3 Å². The smallest absolute Gasteiger partial charge is 0.251 e. The van der Waals surface area contributed by atoms with E-state index in [1.165, 1.54) is 5.56 Å². The number of hydrogen-bond acceptors (Lipinski definition) is 5. The molecule has 1 saturated heterocycles. The predicted molar refractivity (Wildman–Crippen MR) is 124 cm³/mol. The minimum absolute atomic E-state index is 0.0804. The van der Waals surface area contributed by atoms with Crippen molar-refractivity contribution in [2.45, 2.75) is 32.0 Å². The summed E-state index contributed by atoms with van der Waals surface area (Å²) in [6.07, 6.45) is 3.47. The lowest BCUT2D eigenvalue weighted by Crippen LogP contribution is -2.44. The molecule has 0 atom stereocenters. The highest BCUT2D eigenvalue weighted by Crippen LogP contribution is 2.18. The molecule has 1 N–H and O–H groups in total. The number of likely N-dealkylation sites (tertiary alicyclic amines) is 1. The lowest BCUT2D eigenvalue weighted by Gasteiger charge is -2.32. The molecular weight excluding hydrogens is 402 g/mol. The molecule has 1 aliphatic rings. The predicted octanol–water partition coefficient (Wildman–Crippen LogP) is 4.06. The summed E-state index contributed by atoms with van der Waals surface area (Å²) in [5.41, 5.74) is 2.87. The molecule has 0 unspecified atom stereocenters. The SMILES string of the molecule is COc1cccc(CN2CCC(NC(=O)c3ccnc(OCc4ccccc4)c3)CC2)c1. The summed E-state index contributed by atoms with van der Waals surface area (Å²) in [6, 6.07) is 21.7. The average Bonchev–Trinajstić information content (AvgIpc) is 2.85. The largest absolute Gasteiger partial charge is 0.497 e. The van der Waals surface area contributed by atoms with Crippen LogP contribution in [0.15, 0.2) is 72.9 Å². The number of carbonyl (C=O) groups is 1. The second-order valence-corrected chi connectivity index (χ2v) is 8.03. The van der Waals surface area contributed by atoms with Gasteiger partial charge in [-0.1, -0.05) is 42.5 Å². The Bertz CT molecular complexity index is 1020. The van der Waals surface area contributed by atoms with Gasteiger partial charge in [-0.2, -0.15) is 0 Å². The van der Waals surface area contributed by atoms with Gasteiger partial charge >= 0.3 is 0 Å². The highest BCUT2D eigenvalue weighted by Gasteiger charge is 2.21. The van der Waals surface area contributed by atoms with Gasteiger partial charge in [-0.15, -0.1) is 0 Å². The zero-order valence-corrected chi connectivity index (χ0v) is 18.4. The summed E-state index contributed by atoms with van der Waals surface area (Å²) in [4.78, 5) is 19.4. The van der Waals surface area contributed by atoms with E-state index in [1.807, 2.05) is 42.5 Å². The Labute approximate surface area is 189 Å². The fraction of sp³-hybridized carbons (Fsp3) is 0.308. The number of nitrogens with zero attached hydrogens (tertiary/aromatic N) is 2. The fourth-order valence-electron chi connectivity index (χ4n) is 3.89. The number of benzene rings is 2. The lowest BCUT2D eigenvalue weighted by atomic mass is 10.0. The van der Waals surface area contributed by atoms with Crippen molar-refractivity contribution in [2.24, 2.45) is 0 Å². The van der Waals surface area contributed by atoms with Crippen molar-refractivity contribution in [3.8, 4) is 11.6 Å². The number of pyridine rings is 1. The molecule has 166 valence electrons. The molecule has 1 aromatic heterocycles. The van der Waals surface area contributed by atoms with Crippen LogP contribution in [0.25, 0.3) is 0 Å². The Kier molecular flexibility index (Phi) is 7.35. The minimum atomic E-state index is -0.0804. The van der Waals surface area contributed by atoms with E-state index in [0.29, 0.717) is 18.1 Å². The van der Waals surface area contributed by atoms with Gasteiger partial charge in [0.1, 0.15) is 12.4 Å². The van der Waals surface area contributed by atoms with Crippen LogP contribution in [-0.2, 0) is 13.2 Å². The molecule has 32 heavy (non-hydrogen) atoms. The minimum Gasteiger partial charge on any atom is -0.497 e. The monoisotopic (exact) mass is 431 g/mol. The summed E-state index contributed by atoms with van der Waals surface area (Å²) in [5.74, 6) is 1.26. The average molecular weight is 432 g/mol. The summed E-state index contributed by atoms with van der Waals surface area (Å²) in [7, 11) is 1.69. The number of carbonyl (C=O) groups excluding carboxylic acids is 1. The van der Waals surface area contributed by atoms with Crippen LogP contribution in [0.4, 0.5) is 0 Å². The van der Waals surface area contributed by atoms with E-state index in [0.717, 1.165) is 43.8 Å². The van der Waals surface area contributed by atoms with Crippen LogP contribution in [-0.4, -0.2) is 42.0 Å². The molecule has 0 aliphatic carbocycles. The van der Waals surface area contributed by atoms with Crippen molar-refractivity contribution in [1.29, 1.82) is 0 Å². The third-order valence-electron chi connectivity index (χ3n) is 5.69. The number of nitrogens with one attached hydrogen (secondary N) is 1. The molecule has 0 saturated carbocycles. The van der Waals surface area contributed by atoms with Gasteiger partial charge in [-0.3, -0.25) is 9.69 Å². The van der Waals surface area contributed by atoms with E-state index >= 15 is 0 Å². The Morgan fingerprint density at radius 3 is 2.59 bits per heavy atom. The quantitative estimate of drug-likeness (QED) is 0.583. The van der Waals surface area contributed by atoms with E-state index in [4.69, 9.17) is 9.47 Å². The van der Waals surface area contributed by atoms with Crippen LogP contribution in [0.1, 0.15) is 34.3 Å². The number of hydrogen-bond donors (Lipinski definition) is 1. The first-order valence-electron chi connectivity index (χ1n) is 11.0. The van der Waals surface area contributed by atoms with Crippen LogP contribution in [0.3, 0.4) is 0 Å². The van der Waals surface area contributed by atoms with Gasteiger partial charge in [0, 0.05) is 43.5 Å². The third-order valence-corrected chi connectivity index (χ3v) is 5.69. The molecule has 1 amide bonds. The van der Waals surface area contributed by atoms with Crippen LogP contribution < -0.4 is 14.8 Å². The highest BCUT2D eigenvalue weighted by molar-refractivity contribution is 5.94. The normalized spacial score (nSPS) is 14.7. The van der Waals surface area contributed by atoms with Crippen molar-refractivity contribution < 1.29 is 14.3 Å². The van der Waals surface area contributed by atoms with Crippen LogP contribution in [0.5, 0.6) is 11.6 Å². The van der Waals surface area contributed by atoms with Gasteiger partial charge in [0.2, 0.25) is 5.88 Å². The van der Waals surface area contributed by atoms with Gasteiger partial charge in [0.25, 0.3) is 5.91 Å². The van der Waals surface area contributed by atoms with Crippen LogP contribution >= 0.6 is 0 Å². The van der Waals surface area contributed by atoms with E-state index in [1.54, 1.807) is 25.4 Å². The second-order valence-electron chi connectivity index (χ2n) is 8.03. The molecule has 2 aromatic carbocycles. The molecule has 4 rings (SSSR count). The molecule has 0 bridgehead atoms. The van der Waals surface area contributed by atoms with Crippen molar-refractivity contribution in [3.63, 3.8) is 0 Å². The van der Waals surface area contributed by atoms with Crippen LogP contribution in [0, 0.1) is 0 Å². The van der Waals surface area contributed by atoms with Crippen molar-refractivity contribution >= 4 is 5.91 Å². The Hall–Kier alpha value is -3.38. The van der Waals surface area contributed by atoms with E-state index < -0.39 is 0 Å². The fourth-order valence-corrected chi connectivity index (χ4v) is 3.89. The van der Waals surface area contributed by atoms with Gasteiger partial charge < -0.3 is 14.8 Å². The molecular formula is C26H29N3O3. The zero-order chi connectivity index (χ0) is 22.2. The number of piperidine rings is 1. The number of rotatable bonds is 8. The topological polar surface area (TPSA) is 63.7 Å². The van der Waals surface area contributed by atoms with Gasteiger partial charge in [0.15, 0.2) is 0 Å². The van der Waals surface area contributed by atoms with Gasteiger partial charge in [0.05, 0.1) is 7.11 Å². The van der Waals surface area contributed by atoms with Crippen molar-refractivity contribution in [3.05, 3.63) is 89.6 Å². The molecule has 1 fully saturated rings. The number of methoxy groups -OCH3 is 1. The van der Waals surface area contributed by atoms with Gasteiger partial charge in [-0.05, 0) is 42.2 Å². The number of amides is 1. The first-order valence-corrected chi connectivity index (χ1v) is 11.0.